The molecular weight excluding hydrogens is 269 g/mol. The molecule has 0 saturated carbocycles. The topological polar surface area (TPSA) is 60.2 Å². The van der Waals surface area contributed by atoms with E-state index in [2.05, 4.69) is 11.1 Å². The number of pyridine rings is 1. The third-order valence-corrected chi connectivity index (χ3v) is 3.71. The maximum atomic E-state index is 13.1. The summed E-state index contributed by atoms with van der Waals surface area (Å²) in [5.74, 6) is 0.269. The summed E-state index contributed by atoms with van der Waals surface area (Å²) in [4.78, 5) is 6.19. The summed E-state index contributed by atoms with van der Waals surface area (Å²) in [6.45, 7) is 0.410. The summed E-state index contributed by atoms with van der Waals surface area (Å²) in [5.41, 5.74) is 1.38. The first kappa shape index (κ1) is 13.5. The van der Waals surface area contributed by atoms with E-state index < -0.39 is 6.10 Å². The largest absolute Gasteiger partial charge is 0.391 e. The maximum Gasteiger partial charge on any atom is 0.147 e. The molecule has 106 valence electrons. The molecule has 2 aromatic rings. The standard InChI is InChI=1S/C16H14FN3O/c17-13-5-3-11(4-6-13)15-8-14(21)10-20(15)16-12(9-18)2-1-7-19-16/h1-7,14-15,21H,8,10H2/t14-,15-/m1/s1. The summed E-state index contributed by atoms with van der Waals surface area (Å²) in [7, 11) is 0. The highest BCUT2D eigenvalue weighted by molar-refractivity contribution is 5.56. The zero-order chi connectivity index (χ0) is 14.8. The molecule has 1 fully saturated rings. The van der Waals surface area contributed by atoms with Gasteiger partial charge in [0, 0.05) is 12.7 Å². The van der Waals surface area contributed by atoms with Gasteiger partial charge >= 0.3 is 0 Å². The van der Waals surface area contributed by atoms with Crippen molar-refractivity contribution >= 4 is 5.82 Å². The molecule has 1 aromatic heterocycles. The molecule has 21 heavy (non-hydrogen) atoms. The molecule has 0 spiro atoms. The van der Waals surface area contributed by atoms with E-state index in [4.69, 9.17) is 0 Å². The van der Waals surface area contributed by atoms with Crippen LogP contribution in [-0.2, 0) is 0 Å². The van der Waals surface area contributed by atoms with Gasteiger partial charge in [-0.25, -0.2) is 9.37 Å². The number of hydrogen-bond acceptors (Lipinski definition) is 4. The van der Waals surface area contributed by atoms with E-state index in [0.717, 1.165) is 5.56 Å². The number of aromatic nitrogens is 1. The van der Waals surface area contributed by atoms with Gasteiger partial charge in [-0.15, -0.1) is 0 Å². The summed E-state index contributed by atoms with van der Waals surface area (Å²) >= 11 is 0. The summed E-state index contributed by atoms with van der Waals surface area (Å²) in [5, 5.41) is 19.2. The highest BCUT2D eigenvalue weighted by atomic mass is 19.1. The van der Waals surface area contributed by atoms with Crippen LogP contribution in [0.15, 0.2) is 42.6 Å². The first-order valence-corrected chi connectivity index (χ1v) is 6.74. The number of aliphatic hydroxyl groups is 1. The molecular formula is C16H14FN3O. The van der Waals surface area contributed by atoms with Crippen LogP contribution in [-0.4, -0.2) is 22.7 Å². The van der Waals surface area contributed by atoms with Gasteiger partial charge in [0.1, 0.15) is 17.7 Å². The van der Waals surface area contributed by atoms with Crippen LogP contribution in [0.1, 0.15) is 23.6 Å². The Hall–Kier alpha value is -2.45. The molecule has 4 nitrogen and oxygen atoms in total. The summed E-state index contributed by atoms with van der Waals surface area (Å²) in [6.07, 6.45) is 1.67. The van der Waals surface area contributed by atoms with Crippen molar-refractivity contribution in [1.29, 1.82) is 5.26 Å². The van der Waals surface area contributed by atoms with Crippen molar-refractivity contribution < 1.29 is 9.50 Å². The quantitative estimate of drug-likeness (QED) is 0.919. The van der Waals surface area contributed by atoms with Gasteiger partial charge < -0.3 is 10.0 Å². The Morgan fingerprint density at radius 1 is 1.29 bits per heavy atom. The second kappa shape index (κ2) is 5.51. The van der Waals surface area contributed by atoms with E-state index in [1.165, 1.54) is 12.1 Å². The molecule has 1 aliphatic heterocycles. The molecule has 2 heterocycles. The minimum atomic E-state index is -0.492. The molecule has 3 rings (SSSR count). The minimum absolute atomic E-state index is 0.109. The van der Waals surface area contributed by atoms with Gasteiger partial charge in [-0.05, 0) is 36.2 Å². The lowest BCUT2D eigenvalue weighted by atomic mass is 10.0. The molecule has 1 aromatic carbocycles. The normalized spacial score (nSPS) is 21.3. The van der Waals surface area contributed by atoms with E-state index in [1.807, 2.05) is 4.90 Å². The molecule has 1 aliphatic rings. The third kappa shape index (κ3) is 2.58. The van der Waals surface area contributed by atoms with Crippen molar-refractivity contribution in [2.75, 3.05) is 11.4 Å². The Morgan fingerprint density at radius 3 is 2.76 bits per heavy atom. The maximum absolute atomic E-state index is 13.1. The average molecular weight is 283 g/mol. The van der Waals surface area contributed by atoms with Crippen LogP contribution in [0.5, 0.6) is 0 Å². The van der Waals surface area contributed by atoms with Crippen LogP contribution >= 0.6 is 0 Å². The molecule has 5 heteroatoms. The molecule has 0 aliphatic carbocycles. The number of aliphatic hydroxyl groups excluding tert-OH is 1. The van der Waals surface area contributed by atoms with E-state index in [1.54, 1.807) is 30.5 Å². The van der Waals surface area contributed by atoms with E-state index in [0.29, 0.717) is 24.3 Å². The number of hydrogen-bond donors (Lipinski definition) is 1. The number of halogens is 1. The molecule has 0 radical (unpaired) electrons. The first-order valence-electron chi connectivity index (χ1n) is 6.74. The first-order chi connectivity index (χ1) is 10.2. The predicted octanol–water partition coefficient (Wildman–Crippen LogP) is 2.40. The van der Waals surface area contributed by atoms with E-state index in [9.17, 15) is 14.8 Å². The summed E-state index contributed by atoms with van der Waals surface area (Å²) < 4.78 is 13.1. The van der Waals surface area contributed by atoms with Crippen LogP contribution in [0.3, 0.4) is 0 Å². The Bertz CT molecular complexity index is 681. The van der Waals surface area contributed by atoms with E-state index in [-0.39, 0.29) is 11.9 Å². The Balaban J connectivity index is 2.00. The fourth-order valence-corrected chi connectivity index (χ4v) is 2.76. The highest BCUT2D eigenvalue weighted by Crippen LogP contribution is 2.36. The SMILES string of the molecule is N#Cc1cccnc1N1C[C@H](O)C[C@@H]1c1ccc(F)cc1. The Morgan fingerprint density at radius 2 is 2.05 bits per heavy atom. The van der Waals surface area contributed by atoms with Gasteiger partial charge in [0.25, 0.3) is 0 Å². The van der Waals surface area contributed by atoms with Gasteiger partial charge in [0.15, 0.2) is 0 Å². The zero-order valence-corrected chi connectivity index (χ0v) is 11.3. The number of benzene rings is 1. The molecule has 0 bridgehead atoms. The van der Waals surface area contributed by atoms with Crippen molar-refractivity contribution in [3.63, 3.8) is 0 Å². The molecule has 0 amide bonds. The van der Waals surface area contributed by atoms with Gasteiger partial charge in [0.05, 0.1) is 17.7 Å². The average Bonchev–Trinajstić information content (AvgIpc) is 2.89. The molecule has 1 N–H and O–H groups in total. The van der Waals surface area contributed by atoms with E-state index >= 15 is 0 Å². The van der Waals surface area contributed by atoms with Gasteiger partial charge in [0.2, 0.25) is 0 Å². The lowest BCUT2D eigenvalue weighted by molar-refractivity contribution is 0.194. The number of nitriles is 1. The predicted molar refractivity (Wildman–Crippen MR) is 76.1 cm³/mol. The fourth-order valence-electron chi connectivity index (χ4n) is 2.76. The van der Waals surface area contributed by atoms with Crippen LogP contribution in [0.4, 0.5) is 10.2 Å². The second-order valence-electron chi connectivity index (χ2n) is 5.10. The summed E-state index contributed by atoms with van der Waals surface area (Å²) in [6, 6.07) is 11.7. The third-order valence-electron chi connectivity index (χ3n) is 3.71. The van der Waals surface area contributed by atoms with Gasteiger partial charge in [-0.3, -0.25) is 0 Å². The smallest absolute Gasteiger partial charge is 0.147 e. The minimum Gasteiger partial charge on any atom is -0.391 e. The van der Waals surface area contributed by atoms with Crippen LogP contribution in [0.2, 0.25) is 0 Å². The zero-order valence-electron chi connectivity index (χ0n) is 11.3. The van der Waals surface area contributed by atoms with Crippen molar-refractivity contribution in [2.45, 2.75) is 18.6 Å². The number of β-amino-alcohol motifs (C(OH)–C–C–N with tert-alkyl or cyclic N) is 1. The van der Waals surface area contributed by atoms with Crippen molar-refractivity contribution in [2.24, 2.45) is 0 Å². The number of anilines is 1. The second-order valence-corrected chi connectivity index (χ2v) is 5.10. The van der Waals surface area contributed by atoms with Crippen molar-refractivity contribution in [1.82, 2.24) is 4.98 Å². The van der Waals surface area contributed by atoms with Gasteiger partial charge in [-0.1, -0.05) is 12.1 Å². The van der Waals surface area contributed by atoms with Crippen LogP contribution in [0, 0.1) is 17.1 Å². The molecule has 1 saturated heterocycles. The Labute approximate surface area is 122 Å². The van der Waals surface area contributed by atoms with Gasteiger partial charge in [-0.2, -0.15) is 5.26 Å². The molecule has 2 atom stereocenters. The fraction of sp³-hybridized carbons (Fsp3) is 0.250. The lowest BCUT2D eigenvalue weighted by Gasteiger charge is -2.26. The van der Waals surface area contributed by atoms with Crippen LogP contribution in [0.25, 0.3) is 0 Å². The van der Waals surface area contributed by atoms with Crippen molar-refractivity contribution in [3.05, 3.63) is 59.5 Å². The molecule has 0 unspecified atom stereocenters. The Kier molecular flexibility index (Phi) is 3.55. The monoisotopic (exact) mass is 283 g/mol. The van der Waals surface area contributed by atoms with Crippen molar-refractivity contribution in [3.8, 4) is 6.07 Å². The number of nitrogens with zero attached hydrogens (tertiary/aromatic N) is 3. The number of rotatable bonds is 2. The van der Waals surface area contributed by atoms with Crippen LogP contribution < -0.4 is 4.90 Å². The highest BCUT2D eigenvalue weighted by Gasteiger charge is 2.34. The lowest BCUT2D eigenvalue weighted by Crippen LogP contribution is -2.26.